The zero-order valence-corrected chi connectivity index (χ0v) is 23.6. The zero-order valence-electron chi connectivity index (χ0n) is 21.2. The molecule has 0 aliphatic carbocycles. The number of benzene rings is 3. The van der Waals surface area contributed by atoms with Gasteiger partial charge in [0.25, 0.3) is 17.1 Å². The summed E-state index contributed by atoms with van der Waals surface area (Å²) in [4.78, 5) is 39.5. The minimum absolute atomic E-state index is 0.193. The lowest BCUT2D eigenvalue weighted by molar-refractivity contribution is -0.123. The van der Waals surface area contributed by atoms with Crippen LogP contribution < -0.4 is 14.8 Å². The van der Waals surface area contributed by atoms with Gasteiger partial charge in [0.05, 0.1) is 18.1 Å². The monoisotopic (exact) mass is 594 g/mol. The molecule has 1 N–H and O–H groups in total. The first-order valence-electron chi connectivity index (χ1n) is 12.0. The van der Waals surface area contributed by atoms with E-state index in [0.29, 0.717) is 34.3 Å². The summed E-state index contributed by atoms with van der Waals surface area (Å²) in [6, 6.07) is 18.4. The average molecular weight is 596 g/mol. The summed E-state index contributed by atoms with van der Waals surface area (Å²) < 4.78 is 12.4. The van der Waals surface area contributed by atoms with E-state index in [4.69, 9.17) is 9.47 Å². The van der Waals surface area contributed by atoms with Crippen LogP contribution in [-0.4, -0.2) is 35.2 Å². The Labute approximate surface area is 234 Å². The summed E-state index contributed by atoms with van der Waals surface area (Å²) in [6.07, 6.45) is 1.66. The molecule has 0 radical (unpaired) electrons. The maximum absolute atomic E-state index is 12.9. The molecule has 0 bridgehead atoms. The smallest absolute Gasteiger partial charge is 0.293 e. The number of hydrogen-bond acceptors (Lipinski definition) is 6. The molecule has 1 fully saturated rings. The van der Waals surface area contributed by atoms with E-state index in [1.807, 2.05) is 63.2 Å². The third-order valence-electron chi connectivity index (χ3n) is 5.84. The van der Waals surface area contributed by atoms with Gasteiger partial charge >= 0.3 is 0 Å². The highest BCUT2D eigenvalue weighted by Gasteiger charge is 2.35. The van der Waals surface area contributed by atoms with Crippen molar-refractivity contribution in [1.82, 2.24) is 4.90 Å². The molecule has 3 amide bonds. The Morgan fingerprint density at radius 1 is 0.974 bits per heavy atom. The maximum atomic E-state index is 12.9. The highest BCUT2D eigenvalue weighted by Crippen LogP contribution is 2.35. The van der Waals surface area contributed by atoms with Gasteiger partial charge in [-0.25, -0.2) is 0 Å². The lowest BCUT2D eigenvalue weighted by Gasteiger charge is -2.13. The number of carbonyl (C=O) groups is 3. The molecule has 0 saturated carbocycles. The Bertz CT molecular complexity index is 1400. The highest BCUT2D eigenvalue weighted by molar-refractivity contribution is 9.10. The molecule has 7 nitrogen and oxygen atoms in total. The zero-order chi connectivity index (χ0) is 27.2. The van der Waals surface area contributed by atoms with Gasteiger partial charge in [-0.3, -0.25) is 19.3 Å². The number of carbonyl (C=O) groups excluding carboxylic acids is 3. The van der Waals surface area contributed by atoms with E-state index in [2.05, 4.69) is 21.2 Å². The summed E-state index contributed by atoms with van der Waals surface area (Å²) in [5.74, 6) is 0.209. The third-order valence-corrected chi connectivity index (χ3v) is 7.28. The second kappa shape index (κ2) is 12.3. The van der Waals surface area contributed by atoms with Gasteiger partial charge in [0, 0.05) is 10.2 Å². The number of rotatable bonds is 9. The molecular weight excluding hydrogens is 568 g/mol. The Kier molecular flexibility index (Phi) is 8.91. The lowest BCUT2D eigenvalue weighted by atomic mass is 10.1. The van der Waals surface area contributed by atoms with Crippen molar-refractivity contribution < 1.29 is 23.9 Å². The van der Waals surface area contributed by atoms with E-state index in [1.54, 1.807) is 24.3 Å². The van der Waals surface area contributed by atoms with Crippen LogP contribution in [0.1, 0.15) is 29.2 Å². The highest BCUT2D eigenvalue weighted by atomic mass is 79.9. The Hall–Kier alpha value is -3.56. The van der Waals surface area contributed by atoms with Crippen LogP contribution >= 0.6 is 27.7 Å². The van der Waals surface area contributed by atoms with Gasteiger partial charge in [-0.15, -0.1) is 0 Å². The standard InChI is InChI=1S/C29H27BrN2O5S/c1-4-36-25-14-21(8-12-24(25)37-17-27(33)31-23-11-5-18(2)19(3)13-23)15-26-28(34)32(29(35)38-26)16-20-6-9-22(30)10-7-20/h5-15H,4,16-17H2,1-3H3,(H,31,33)/b26-15+. The number of aryl methyl sites for hydroxylation is 2. The van der Waals surface area contributed by atoms with Crippen molar-refractivity contribution in [3.8, 4) is 11.5 Å². The Balaban J connectivity index is 1.43. The number of nitrogens with zero attached hydrogens (tertiary/aromatic N) is 1. The number of anilines is 1. The van der Waals surface area contributed by atoms with Crippen molar-refractivity contribution in [2.45, 2.75) is 27.3 Å². The SMILES string of the molecule is CCOc1cc(/C=C2/SC(=O)N(Cc3ccc(Br)cc3)C2=O)ccc1OCC(=O)Nc1ccc(C)c(C)c1. The number of amides is 3. The second-order valence-corrected chi connectivity index (χ2v) is 10.6. The van der Waals surface area contributed by atoms with Crippen molar-refractivity contribution in [2.24, 2.45) is 0 Å². The molecule has 1 saturated heterocycles. The molecule has 0 atom stereocenters. The van der Waals surface area contributed by atoms with E-state index >= 15 is 0 Å². The molecule has 196 valence electrons. The van der Waals surface area contributed by atoms with Crippen LogP contribution in [-0.2, 0) is 16.1 Å². The molecule has 38 heavy (non-hydrogen) atoms. The van der Waals surface area contributed by atoms with E-state index in [9.17, 15) is 14.4 Å². The van der Waals surface area contributed by atoms with E-state index in [1.165, 1.54) is 4.90 Å². The summed E-state index contributed by atoms with van der Waals surface area (Å²) >= 11 is 4.29. The molecule has 0 unspecified atom stereocenters. The molecule has 1 aliphatic rings. The van der Waals surface area contributed by atoms with Gasteiger partial charge in [0.15, 0.2) is 18.1 Å². The fourth-order valence-corrected chi connectivity index (χ4v) is 4.82. The average Bonchev–Trinajstić information content (AvgIpc) is 3.14. The van der Waals surface area contributed by atoms with Crippen LogP contribution in [0.4, 0.5) is 10.5 Å². The van der Waals surface area contributed by atoms with Crippen LogP contribution in [0.2, 0.25) is 0 Å². The number of thioether (sulfide) groups is 1. The number of halogens is 1. The van der Waals surface area contributed by atoms with Crippen LogP contribution in [0.3, 0.4) is 0 Å². The molecule has 1 aliphatic heterocycles. The topological polar surface area (TPSA) is 84.9 Å². The minimum Gasteiger partial charge on any atom is -0.490 e. The largest absolute Gasteiger partial charge is 0.490 e. The van der Waals surface area contributed by atoms with Crippen LogP contribution in [0.5, 0.6) is 11.5 Å². The molecule has 4 rings (SSSR count). The van der Waals surface area contributed by atoms with E-state index < -0.39 is 0 Å². The van der Waals surface area contributed by atoms with Gasteiger partial charge in [0.2, 0.25) is 0 Å². The van der Waals surface area contributed by atoms with Crippen molar-refractivity contribution >= 4 is 56.5 Å². The number of ether oxygens (including phenoxy) is 2. The number of nitrogens with one attached hydrogen (secondary N) is 1. The normalized spacial score (nSPS) is 14.2. The van der Waals surface area contributed by atoms with Gasteiger partial charge in [-0.05, 0) is 97.3 Å². The second-order valence-electron chi connectivity index (χ2n) is 8.67. The fraction of sp³-hybridized carbons (Fsp3) is 0.207. The van der Waals surface area contributed by atoms with Crippen molar-refractivity contribution in [1.29, 1.82) is 0 Å². The quantitative estimate of drug-likeness (QED) is 0.277. The van der Waals surface area contributed by atoms with Crippen molar-refractivity contribution in [2.75, 3.05) is 18.5 Å². The molecule has 0 spiro atoms. The predicted molar refractivity (Wildman–Crippen MR) is 153 cm³/mol. The molecule has 1 heterocycles. The molecular formula is C29H27BrN2O5S. The first-order chi connectivity index (χ1) is 18.2. The van der Waals surface area contributed by atoms with Gasteiger partial charge in [0.1, 0.15) is 0 Å². The molecule has 3 aromatic carbocycles. The van der Waals surface area contributed by atoms with Crippen LogP contribution in [0, 0.1) is 13.8 Å². The predicted octanol–water partition coefficient (Wildman–Crippen LogP) is 6.72. The molecule has 3 aromatic rings. The lowest BCUT2D eigenvalue weighted by Crippen LogP contribution is -2.27. The first-order valence-corrected chi connectivity index (χ1v) is 13.6. The minimum atomic E-state index is -0.343. The van der Waals surface area contributed by atoms with Gasteiger partial charge < -0.3 is 14.8 Å². The summed E-state index contributed by atoms with van der Waals surface area (Å²) in [6.45, 7) is 6.24. The van der Waals surface area contributed by atoms with Gasteiger partial charge in [-0.1, -0.05) is 40.2 Å². The fourth-order valence-electron chi connectivity index (χ4n) is 3.72. The summed E-state index contributed by atoms with van der Waals surface area (Å²) in [5.41, 5.74) is 4.48. The first kappa shape index (κ1) is 27.5. The summed E-state index contributed by atoms with van der Waals surface area (Å²) in [5, 5.41) is 2.52. The van der Waals surface area contributed by atoms with Crippen LogP contribution in [0.15, 0.2) is 70.0 Å². The Morgan fingerprint density at radius 3 is 2.45 bits per heavy atom. The maximum Gasteiger partial charge on any atom is 0.293 e. The molecule has 9 heteroatoms. The number of hydrogen-bond donors (Lipinski definition) is 1. The van der Waals surface area contributed by atoms with Crippen LogP contribution in [0.25, 0.3) is 6.08 Å². The third kappa shape index (κ3) is 6.85. The summed E-state index contributed by atoms with van der Waals surface area (Å²) in [7, 11) is 0. The Morgan fingerprint density at radius 2 is 1.74 bits per heavy atom. The van der Waals surface area contributed by atoms with Crippen molar-refractivity contribution in [3.63, 3.8) is 0 Å². The van der Waals surface area contributed by atoms with E-state index in [0.717, 1.165) is 32.9 Å². The van der Waals surface area contributed by atoms with E-state index in [-0.39, 0.29) is 30.2 Å². The number of imide groups is 1. The molecule has 0 aromatic heterocycles. The van der Waals surface area contributed by atoms with Gasteiger partial charge in [-0.2, -0.15) is 0 Å². The van der Waals surface area contributed by atoms with Crippen molar-refractivity contribution in [3.05, 3.63) is 92.3 Å².